The average molecular weight is 181 g/mol. The summed E-state index contributed by atoms with van der Waals surface area (Å²) in [6.07, 6.45) is 3.86. The van der Waals surface area contributed by atoms with Gasteiger partial charge in [0, 0.05) is 13.0 Å². The fraction of sp³-hybridized carbons (Fsp3) is 0.778. The molecule has 1 saturated carbocycles. The highest BCUT2D eigenvalue weighted by atomic mass is 16.2. The third kappa shape index (κ3) is 3.03. The van der Waals surface area contributed by atoms with Gasteiger partial charge in [-0.2, -0.15) is 5.26 Å². The molecule has 72 valence electrons. The van der Waals surface area contributed by atoms with Gasteiger partial charge in [-0.25, -0.2) is 0 Å². The summed E-state index contributed by atoms with van der Waals surface area (Å²) in [7, 11) is 0. The summed E-state index contributed by atoms with van der Waals surface area (Å²) in [5.41, 5.74) is 5.11. The van der Waals surface area contributed by atoms with Gasteiger partial charge in [0.15, 0.2) is 0 Å². The third-order valence-corrected chi connectivity index (χ3v) is 2.24. The zero-order valence-electron chi connectivity index (χ0n) is 7.68. The van der Waals surface area contributed by atoms with Crippen LogP contribution in [0.4, 0.5) is 0 Å². The van der Waals surface area contributed by atoms with Crippen LogP contribution in [-0.4, -0.2) is 18.0 Å². The van der Waals surface area contributed by atoms with Gasteiger partial charge in [-0.15, -0.1) is 0 Å². The van der Waals surface area contributed by atoms with Crippen LogP contribution in [0.3, 0.4) is 0 Å². The first-order chi connectivity index (χ1) is 6.19. The minimum Gasteiger partial charge on any atom is -0.355 e. The third-order valence-electron chi connectivity index (χ3n) is 2.24. The molecule has 0 bridgehead atoms. The Labute approximate surface area is 78.1 Å². The van der Waals surface area contributed by atoms with Crippen LogP contribution in [0.1, 0.15) is 32.1 Å². The molecule has 1 fully saturated rings. The highest BCUT2D eigenvalue weighted by molar-refractivity contribution is 5.88. The largest absolute Gasteiger partial charge is 0.355 e. The van der Waals surface area contributed by atoms with Gasteiger partial charge in [0.25, 0.3) is 0 Å². The maximum absolute atomic E-state index is 11.3. The molecule has 0 saturated heterocycles. The number of nitrogens with two attached hydrogens (primary N) is 1. The van der Waals surface area contributed by atoms with E-state index in [0.717, 1.165) is 25.7 Å². The van der Waals surface area contributed by atoms with Gasteiger partial charge >= 0.3 is 0 Å². The minimum absolute atomic E-state index is 0.0375. The second-order valence-electron chi connectivity index (χ2n) is 3.53. The van der Waals surface area contributed by atoms with E-state index in [1.165, 1.54) is 0 Å². The SMILES string of the molecule is N#CCCCCNC(=O)C1(N)CC1. The van der Waals surface area contributed by atoms with E-state index < -0.39 is 5.54 Å². The maximum Gasteiger partial charge on any atom is 0.240 e. The molecule has 4 nitrogen and oxygen atoms in total. The number of rotatable bonds is 5. The molecule has 13 heavy (non-hydrogen) atoms. The molecule has 0 heterocycles. The van der Waals surface area contributed by atoms with Gasteiger partial charge in [-0.1, -0.05) is 0 Å². The van der Waals surface area contributed by atoms with Crippen molar-refractivity contribution in [2.24, 2.45) is 5.73 Å². The second-order valence-corrected chi connectivity index (χ2v) is 3.53. The monoisotopic (exact) mass is 181 g/mol. The fourth-order valence-electron chi connectivity index (χ4n) is 1.07. The first-order valence-electron chi connectivity index (χ1n) is 4.63. The van der Waals surface area contributed by atoms with Crippen LogP contribution in [0.25, 0.3) is 0 Å². The number of carbonyl (C=O) groups is 1. The van der Waals surface area contributed by atoms with Crippen molar-refractivity contribution in [3.05, 3.63) is 0 Å². The Bertz CT molecular complexity index is 228. The van der Waals surface area contributed by atoms with E-state index in [4.69, 9.17) is 11.0 Å². The van der Waals surface area contributed by atoms with Crippen molar-refractivity contribution >= 4 is 5.91 Å². The number of nitriles is 1. The van der Waals surface area contributed by atoms with E-state index in [2.05, 4.69) is 11.4 Å². The summed E-state index contributed by atoms with van der Waals surface area (Å²) in [5, 5.41) is 11.0. The van der Waals surface area contributed by atoms with Crippen LogP contribution in [0.2, 0.25) is 0 Å². The van der Waals surface area contributed by atoms with E-state index in [-0.39, 0.29) is 5.91 Å². The zero-order chi connectivity index (χ0) is 9.73. The Hall–Kier alpha value is -1.08. The lowest BCUT2D eigenvalue weighted by Crippen LogP contribution is -2.42. The minimum atomic E-state index is -0.560. The first-order valence-corrected chi connectivity index (χ1v) is 4.63. The Kier molecular flexibility index (Phi) is 3.26. The summed E-state index contributed by atoms with van der Waals surface area (Å²) in [6, 6.07) is 2.06. The number of nitrogens with zero attached hydrogens (tertiary/aromatic N) is 1. The summed E-state index contributed by atoms with van der Waals surface area (Å²) in [4.78, 5) is 11.3. The van der Waals surface area contributed by atoms with Crippen LogP contribution >= 0.6 is 0 Å². The Morgan fingerprint density at radius 3 is 2.77 bits per heavy atom. The van der Waals surface area contributed by atoms with E-state index in [1.54, 1.807) is 0 Å². The molecule has 4 heteroatoms. The highest BCUT2D eigenvalue weighted by Crippen LogP contribution is 2.31. The quantitative estimate of drug-likeness (QED) is 0.598. The number of carbonyl (C=O) groups excluding carboxylic acids is 1. The van der Waals surface area contributed by atoms with Crippen molar-refractivity contribution in [2.45, 2.75) is 37.6 Å². The molecular formula is C9H15N3O. The topological polar surface area (TPSA) is 78.9 Å². The van der Waals surface area contributed by atoms with Crippen LogP contribution in [0, 0.1) is 11.3 Å². The molecule has 0 atom stereocenters. The molecule has 3 N–H and O–H groups in total. The molecule has 0 spiro atoms. The highest BCUT2D eigenvalue weighted by Gasteiger charge is 2.45. The van der Waals surface area contributed by atoms with Gasteiger partial charge in [-0.3, -0.25) is 4.79 Å². The zero-order valence-corrected chi connectivity index (χ0v) is 7.68. The summed E-state index contributed by atoms with van der Waals surface area (Å²) in [6.45, 7) is 0.638. The lowest BCUT2D eigenvalue weighted by molar-refractivity contribution is -0.123. The molecule has 0 unspecified atom stereocenters. The molecule has 1 rings (SSSR count). The number of unbranched alkanes of at least 4 members (excludes halogenated alkanes) is 2. The molecule has 1 aliphatic rings. The van der Waals surface area contributed by atoms with Crippen molar-refractivity contribution in [2.75, 3.05) is 6.54 Å². The summed E-state index contributed by atoms with van der Waals surface area (Å²) in [5.74, 6) is -0.0375. The van der Waals surface area contributed by atoms with Gasteiger partial charge in [0.2, 0.25) is 5.91 Å². The number of nitrogens with one attached hydrogen (secondary N) is 1. The molecule has 0 aromatic heterocycles. The molecule has 1 aliphatic carbocycles. The summed E-state index contributed by atoms with van der Waals surface area (Å²) < 4.78 is 0. The lowest BCUT2D eigenvalue weighted by Gasteiger charge is -2.08. The van der Waals surface area contributed by atoms with Crippen molar-refractivity contribution in [3.8, 4) is 6.07 Å². The van der Waals surface area contributed by atoms with Gasteiger partial charge < -0.3 is 11.1 Å². The van der Waals surface area contributed by atoms with Gasteiger partial charge in [-0.05, 0) is 25.7 Å². The van der Waals surface area contributed by atoms with E-state index in [1.807, 2.05) is 0 Å². The van der Waals surface area contributed by atoms with Gasteiger partial charge in [0.1, 0.15) is 0 Å². The molecule has 0 aromatic carbocycles. The predicted molar refractivity (Wildman–Crippen MR) is 48.6 cm³/mol. The van der Waals surface area contributed by atoms with Crippen LogP contribution in [0.5, 0.6) is 0 Å². The number of hydrogen-bond donors (Lipinski definition) is 2. The van der Waals surface area contributed by atoms with Crippen molar-refractivity contribution < 1.29 is 4.79 Å². The van der Waals surface area contributed by atoms with E-state index in [9.17, 15) is 4.79 Å². The first kappa shape index (κ1) is 10.0. The van der Waals surface area contributed by atoms with E-state index in [0.29, 0.717) is 13.0 Å². The van der Waals surface area contributed by atoms with Crippen LogP contribution < -0.4 is 11.1 Å². The molecule has 0 radical (unpaired) electrons. The van der Waals surface area contributed by atoms with Gasteiger partial charge in [0.05, 0.1) is 11.6 Å². The maximum atomic E-state index is 11.3. The van der Waals surface area contributed by atoms with Crippen molar-refractivity contribution in [3.63, 3.8) is 0 Å². The smallest absolute Gasteiger partial charge is 0.240 e. The Morgan fingerprint density at radius 2 is 2.23 bits per heavy atom. The van der Waals surface area contributed by atoms with Crippen LogP contribution in [0.15, 0.2) is 0 Å². The second kappa shape index (κ2) is 4.24. The Balaban J connectivity index is 2.00. The molecule has 0 aliphatic heterocycles. The number of amides is 1. The standard InChI is InChI=1S/C9H15N3O/c10-6-2-1-3-7-12-8(13)9(11)4-5-9/h1-5,7,11H2,(H,12,13). The molecule has 0 aromatic rings. The van der Waals surface area contributed by atoms with Crippen LogP contribution in [-0.2, 0) is 4.79 Å². The molecular weight excluding hydrogens is 166 g/mol. The predicted octanol–water partition coefficient (Wildman–Crippen LogP) is 0.288. The summed E-state index contributed by atoms with van der Waals surface area (Å²) >= 11 is 0. The van der Waals surface area contributed by atoms with Crippen molar-refractivity contribution in [1.29, 1.82) is 5.26 Å². The average Bonchev–Trinajstić information content (AvgIpc) is 2.84. The normalized spacial score (nSPS) is 17.5. The van der Waals surface area contributed by atoms with E-state index >= 15 is 0 Å². The van der Waals surface area contributed by atoms with Crippen molar-refractivity contribution in [1.82, 2.24) is 5.32 Å². The lowest BCUT2D eigenvalue weighted by atomic mass is 10.2. The fourth-order valence-corrected chi connectivity index (χ4v) is 1.07. The Morgan fingerprint density at radius 1 is 1.54 bits per heavy atom. The number of hydrogen-bond acceptors (Lipinski definition) is 3. The molecule has 1 amide bonds.